The molecule has 1 aromatic carbocycles. The summed E-state index contributed by atoms with van der Waals surface area (Å²) >= 11 is 0. The summed E-state index contributed by atoms with van der Waals surface area (Å²) in [5.74, 6) is 0.428. The van der Waals surface area contributed by atoms with Gasteiger partial charge in [0, 0.05) is 11.5 Å². The molecule has 1 rings (SSSR count). The van der Waals surface area contributed by atoms with Crippen LogP contribution in [-0.4, -0.2) is 5.11 Å². The van der Waals surface area contributed by atoms with Crippen molar-refractivity contribution in [2.24, 2.45) is 0 Å². The summed E-state index contributed by atoms with van der Waals surface area (Å²) in [6.45, 7) is 5.69. The second-order valence-electron chi connectivity index (χ2n) is 2.85. The first-order chi connectivity index (χ1) is 6.29. The van der Waals surface area contributed by atoms with Crippen LogP contribution in [0.15, 0.2) is 49.1 Å². The number of rotatable bonds is 3. The van der Waals surface area contributed by atoms with E-state index in [4.69, 9.17) is 0 Å². The van der Waals surface area contributed by atoms with Crippen LogP contribution in [0.4, 0.5) is 0 Å². The Hall–Kier alpha value is -1.50. The second kappa shape index (κ2) is 4.51. The van der Waals surface area contributed by atoms with Crippen LogP contribution in [-0.2, 0) is 0 Å². The highest BCUT2D eigenvalue weighted by Gasteiger charge is 2.06. The van der Waals surface area contributed by atoms with E-state index in [2.05, 4.69) is 6.58 Å². The molecule has 0 saturated heterocycles. The number of para-hydroxylation sites is 1. The molecule has 0 amide bonds. The Labute approximate surface area is 79.0 Å². The fraction of sp³-hybridized carbons (Fsp3) is 0.167. The molecule has 0 bridgehead atoms. The molecule has 1 unspecified atom stereocenters. The van der Waals surface area contributed by atoms with Gasteiger partial charge in [0.15, 0.2) is 0 Å². The number of allylic oxidation sites excluding steroid dienone is 3. The van der Waals surface area contributed by atoms with Crippen molar-refractivity contribution < 1.29 is 5.11 Å². The van der Waals surface area contributed by atoms with Gasteiger partial charge in [0.05, 0.1) is 0 Å². The minimum atomic E-state index is 0.103. The van der Waals surface area contributed by atoms with E-state index in [0.29, 0.717) is 5.75 Å². The van der Waals surface area contributed by atoms with E-state index >= 15 is 0 Å². The lowest BCUT2D eigenvalue weighted by Crippen LogP contribution is -1.90. The molecule has 1 nitrogen and oxygen atoms in total. The molecule has 0 aliphatic heterocycles. The van der Waals surface area contributed by atoms with Crippen molar-refractivity contribution in [3.8, 4) is 5.75 Å². The summed E-state index contributed by atoms with van der Waals surface area (Å²) in [7, 11) is 0. The predicted molar refractivity (Wildman–Crippen MR) is 55.9 cm³/mol. The first-order valence-electron chi connectivity index (χ1n) is 4.33. The standard InChI is InChI=1S/C12H14O/c1-3-7-10(4-2)11-8-5-6-9-12(11)13/h3-10,13H,2H2,1H3/b7-3-. The van der Waals surface area contributed by atoms with Gasteiger partial charge < -0.3 is 5.11 Å². The van der Waals surface area contributed by atoms with Crippen LogP contribution in [0, 0.1) is 0 Å². The van der Waals surface area contributed by atoms with Crippen molar-refractivity contribution >= 4 is 0 Å². The normalized spacial score (nSPS) is 13.0. The molecule has 13 heavy (non-hydrogen) atoms. The van der Waals surface area contributed by atoms with Gasteiger partial charge in [-0.3, -0.25) is 0 Å². The van der Waals surface area contributed by atoms with E-state index in [1.54, 1.807) is 6.07 Å². The Morgan fingerprint density at radius 2 is 2.08 bits per heavy atom. The molecule has 0 spiro atoms. The number of hydrogen-bond donors (Lipinski definition) is 1. The van der Waals surface area contributed by atoms with E-state index in [1.807, 2.05) is 43.4 Å². The van der Waals surface area contributed by atoms with E-state index in [0.717, 1.165) is 5.56 Å². The van der Waals surface area contributed by atoms with Crippen LogP contribution in [0.5, 0.6) is 5.75 Å². The highest BCUT2D eigenvalue weighted by molar-refractivity contribution is 5.39. The van der Waals surface area contributed by atoms with Gasteiger partial charge in [0.25, 0.3) is 0 Å². The number of aromatic hydroxyl groups is 1. The molecule has 0 saturated carbocycles. The van der Waals surface area contributed by atoms with E-state index < -0.39 is 0 Å². The van der Waals surface area contributed by atoms with Crippen LogP contribution in [0.25, 0.3) is 0 Å². The Morgan fingerprint density at radius 1 is 1.38 bits per heavy atom. The van der Waals surface area contributed by atoms with Gasteiger partial charge in [-0.25, -0.2) is 0 Å². The van der Waals surface area contributed by atoms with Crippen LogP contribution in [0.3, 0.4) is 0 Å². The third kappa shape index (κ3) is 2.22. The quantitative estimate of drug-likeness (QED) is 0.697. The van der Waals surface area contributed by atoms with Gasteiger partial charge in [-0.15, -0.1) is 6.58 Å². The summed E-state index contributed by atoms with van der Waals surface area (Å²) in [5.41, 5.74) is 0.899. The van der Waals surface area contributed by atoms with Crippen molar-refractivity contribution in [1.82, 2.24) is 0 Å². The Morgan fingerprint density at radius 3 is 2.62 bits per heavy atom. The topological polar surface area (TPSA) is 20.2 Å². The highest BCUT2D eigenvalue weighted by atomic mass is 16.3. The van der Waals surface area contributed by atoms with Crippen molar-refractivity contribution in [1.29, 1.82) is 0 Å². The number of phenols is 1. The lowest BCUT2D eigenvalue weighted by atomic mass is 9.98. The first-order valence-corrected chi connectivity index (χ1v) is 4.33. The molecule has 0 heterocycles. The third-order valence-electron chi connectivity index (χ3n) is 1.95. The minimum absolute atomic E-state index is 0.103. The summed E-state index contributed by atoms with van der Waals surface area (Å²) in [6.07, 6.45) is 5.77. The van der Waals surface area contributed by atoms with Gasteiger partial charge in [-0.1, -0.05) is 36.4 Å². The van der Waals surface area contributed by atoms with Crippen molar-refractivity contribution in [3.05, 3.63) is 54.6 Å². The fourth-order valence-corrected chi connectivity index (χ4v) is 1.29. The van der Waals surface area contributed by atoms with Crippen molar-refractivity contribution in [3.63, 3.8) is 0 Å². The SMILES string of the molecule is C=CC(/C=C\C)c1ccccc1O. The van der Waals surface area contributed by atoms with Gasteiger partial charge in [0.2, 0.25) is 0 Å². The molecular weight excluding hydrogens is 160 g/mol. The van der Waals surface area contributed by atoms with Gasteiger partial charge in [-0.05, 0) is 13.0 Å². The molecule has 1 heteroatoms. The molecule has 1 atom stereocenters. The van der Waals surface area contributed by atoms with Gasteiger partial charge >= 0.3 is 0 Å². The lowest BCUT2D eigenvalue weighted by molar-refractivity contribution is 0.468. The lowest BCUT2D eigenvalue weighted by Gasteiger charge is -2.09. The second-order valence-corrected chi connectivity index (χ2v) is 2.85. The maximum absolute atomic E-state index is 9.56. The molecule has 0 fully saturated rings. The van der Waals surface area contributed by atoms with Crippen molar-refractivity contribution in [2.75, 3.05) is 0 Å². The minimum Gasteiger partial charge on any atom is -0.508 e. The maximum Gasteiger partial charge on any atom is 0.119 e. The zero-order chi connectivity index (χ0) is 9.68. The van der Waals surface area contributed by atoms with Crippen LogP contribution >= 0.6 is 0 Å². The van der Waals surface area contributed by atoms with Crippen molar-refractivity contribution in [2.45, 2.75) is 12.8 Å². The molecule has 0 aliphatic rings. The van der Waals surface area contributed by atoms with E-state index in [1.165, 1.54) is 0 Å². The maximum atomic E-state index is 9.56. The van der Waals surface area contributed by atoms with Gasteiger partial charge in [-0.2, -0.15) is 0 Å². The smallest absolute Gasteiger partial charge is 0.119 e. The first kappa shape index (κ1) is 9.59. The molecule has 0 radical (unpaired) electrons. The largest absolute Gasteiger partial charge is 0.508 e. The molecule has 1 aromatic rings. The van der Waals surface area contributed by atoms with E-state index in [9.17, 15) is 5.11 Å². The number of phenolic OH excluding ortho intramolecular Hbond substituents is 1. The molecule has 0 aliphatic carbocycles. The van der Waals surface area contributed by atoms with E-state index in [-0.39, 0.29) is 5.92 Å². The third-order valence-corrected chi connectivity index (χ3v) is 1.95. The summed E-state index contributed by atoms with van der Waals surface area (Å²) in [5, 5.41) is 9.56. The highest BCUT2D eigenvalue weighted by Crippen LogP contribution is 2.26. The monoisotopic (exact) mass is 174 g/mol. The number of benzene rings is 1. The summed E-state index contributed by atoms with van der Waals surface area (Å²) < 4.78 is 0. The molecule has 68 valence electrons. The molecule has 0 aromatic heterocycles. The summed E-state index contributed by atoms with van der Waals surface area (Å²) in [4.78, 5) is 0. The predicted octanol–water partition coefficient (Wildman–Crippen LogP) is 3.24. The Kier molecular flexibility index (Phi) is 3.32. The van der Waals surface area contributed by atoms with Gasteiger partial charge in [0.1, 0.15) is 5.75 Å². The van der Waals surface area contributed by atoms with Crippen LogP contribution in [0.1, 0.15) is 18.4 Å². The Bertz CT molecular complexity index is 313. The zero-order valence-corrected chi connectivity index (χ0v) is 7.77. The molecular formula is C12H14O. The average molecular weight is 174 g/mol. The van der Waals surface area contributed by atoms with Crippen LogP contribution in [0.2, 0.25) is 0 Å². The summed E-state index contributed by atoms with van der Waals surface area (Å²) in [6, 6.07) is 7.32. The number of hydrogen-bond acceptors (Lipinski definition) is 1. The zero-order valence-electron chi connectivity index (χ0n) is 7.77. The average Bonchev–Trinajstić information content (AvgIpc) is 2.16. The fourth-order valence-electron chi connectivity index (χ4n) is 1.29. The molecule has 1 N–H and O–H groups in total. The Balaban J connectivity index is 3.04. The van der Waals surface area contributed by atoms with Crippen LogP contribution < -0.4 is 0 Å².